The van der Waals surface area contributed by atoms with Gasteiger partial charge in [-0.2, -0.15) is 0 Å². The van der Waals surface area contributed by atoms with Crippen LogP contribution in [0.1, 0.15) is 6.42 Å². The molecule has 1 aromatic carbocycles. The van der Waals surface area contributed by atoms with Gasteiger partial charge in [-0.25, -0.2) is 13.6 Å². The van der Waals surface area contributed by atoms with Crippen LogP contribution in [-0.2, 0) is 0 Å². The number of carbonyl (C=O) groups excluding carboxylic acids is 1. The lowest BCUT2D eigenvalue weighted by Crippen LogP contribution is -2.38. The van der Waals surface area contributed by atoms with Gasteiger partial charge in [0.05, 0.1) is 19.3 Å². The normalized spacial score (nSPS) is 14.8. The minimum Gasteiger partial charge on any atom is -0.494 e. The summed E-state index contributed by atoms with van der Waals surface area (Å²) in [5, 5.41) is 3.06. The molecule has 1 aliphatic heterocycles. The summed E-state index contributed by atoms with van der Waals surface area (Å²) in [6, 6.07) is 1.32. The highest BCUT2D eigenvalue weighted by molar-refractivity contribution is 6.30. The second-order valence-corrected chi connectivity index (χ2v) is 4.74. The molecule has 20 heavy (non-hydrogen) atoms. The molecule has 0 atom stereocenters. The van der Waals surface area contributed by atoms with Gasteiger partial charge in [0, 0.05) is 23.7 Å². The summed E-state index contributed by atoms with van der Waals surface area (Å²) in [7, 11) is 1.31. The molecule has 1 N–H and O–H groups in total. The van der Waals surface area contributed by atoms with Crippen LogP contribution in [0.25, 0.3) is 0 Å². The highest BCUT2D eigenvalue weighted by atomic mass is 35.5. The number of benzene rings is 1. The van der Waals surface area contributed by atoms with Gasteiger partial charge >= 0.3 is 6.03 Å². The summed E-state index contributed by atoms with van der Waals surface area (Å²) in [5.74, 6) is -2.04. The Morgan fingerprint density at radius 3 is 2.75 bits per heavy atom. The van der Waals surface area contributed by atoms with Crippen LogP contribution in [0, 0.1) is 11.6 Å². The molecule has 1 aliphatic rings. The standard InChI is InChI=1S/C13H13ClF2N2O2/c1-20-12-6-10(16)9(15)5-11(12)17-13(19)18-4-2-3-8(14)7-18/h3,5-6H,2,4,7H2,1H3,(H,17,19). The third-order valence-electron chi connectivity index (χ3n) is 2.88. The molecule has 7 heteroatoms. The van der Waals surface area contributed by atoms with Crippen LogP contribution in [0.4, 0.5) is 19.3 Å². The predicted octanol–water partition coefficient (Wildman–Crippen LogP) is 3.33. The number of anilines is 1. The average Bonchev–Trinajstić information content (AvgIpc) is 2.42. The maximum Gasteiger partial charge on any atom is 0.322 e. The van der Waals surface area contributed by atoms with E-state index in [2.05, 4.69) is 5.32 Å². The zero-order chi connectivity index (χ0) is 14.7. The first-order chi connectivity index (χ1) is 9.51. The molecule has 0 aromatic heterocycles. The Balaban J connectivity index is 2.15. The number of nitrogens with one attached hydrogen (secondary N) is 1. The Hall–Kier alpha value is -1.82. The van der Waals surface area contributed by atoms with E-state index in [1.165, 1.54) is 12.0 Å². The van der Waals surface area contributed by atoms with Crippen molar-refractivity contribution in [1.29, 1.82) is 0 Å². The van der Waals surface area contributed by atoms with E-state index in [-0.39, 0.29) is 11.4 Å². The van der Waals surface area contributed by atoms with E-state index >= 15 is 0 Å². The lowest BCUT2D eigenvalue weighted by atomic mass is 10.2. The maximum absolute atomic E-state index is 13.2. The summed E-state index contributed by atoms with van der Waals surface area (Å²) in [6.07, 6.45) is 2.49. The Labute approximate surface area is 120 Å². The van der Waals surface area contributed by atoms with Crippen molar-refractivity contribution in [2.45, 2.75) is 6.42 Å². The Bertz CT molecular complexity index is 564. The molecule has 0 spiro atoms. The van der Waals surface area contributed by atoms with Gasteiger partial charge < -0.3 is 15.0 Å². The van der Waals surface area contributed by atoms with E-state index in [1.807, 2.05) is 6.08 Å². The number of hydrogen-bond donors (Lipinski definition) is 1. The van der Waals surface area contributed by atoms with Crippen LogP contribution < -0.4 is 10.1 Å². The van der Waals surface area contributed by atoms with E-state index in [0.717, 1.165) is 12.1 Å². The van der Waals surface area contributed by atoms with Gasteiger partial charge in [0.25, 0.3) is 0 Å². The van der Waals surface area contributed by atoms with Gasteiger partial charge in [-0.3, -0.25) is 0 Å². The second-order valence-electron chi connectivity index (χ2n) is 4.26. The first-order valence-electron chi connectivity index (χ1n) is 5.94. The molecule has 4 nitrogen and oxygen atoms in total. The molecule has 0 fully saturated rings. The molecule has 108 valence electrons. The SMILES string of the molecule is COc1cc(F)c(F)cc1NC(=O)N1CCC=C(Cl)C1. The first kappa shape index (κ1) is 14.6. The topological polar surface area (TPSA) is 41.6 Å². The fraction of sp³-hybridized carbons (Fsp3) is 0.308. The number of urea groups is 1. The van der Waals surface area contributed by atoms with Crippen molar-refractivity contribution >= 4 is 23.3 Å². The Kier molecular flexibility index (Phi) is 4.44. The van der Waals surface area contributed by atoms with Crippen LogP contribution in [0.15, 0.2) is 23.2 Å². The molecule has 2 amide bonds. The lowest BCUT2D eigenvalue weighted by Gasteiger charge is -2.25. The summed E-state index contributed by atoms with van der Waals surface area (Å²) >= 11 is 5.87. The average molecular weight is 303 g/mol. The summed E-state index contributed by atoms with van der Waals surface area (Å²) < 4.78 is 31.2. The summed E-state index contributed by atoms with van der Waals surface area (Å²) in [5.41, 5.74) is 0.0714. The fourth-order valence-corrected chi connectivity index (χ4v) is 2.12. The first-order valence-corrected chi connectivity index (χ1v) is 6.32. The van der Waals surface area contributed by atoms with Crippen LogP contribution in [0.2, 0.25) is 0 Å². The van der Waals surface area contributed by atoms with Crippen molar-refractivity contribution in [1.82, 2.24) is 4.90 Å². The highest BCUT2D eigenvalue weighted by Gasteiger charge is 2.19. The van der Waals surface area contributed by atoms with Gasteiger partial charge in [0.2, 0.25) is 0 Å². The number of nitrogens with zero attached hydrogens (tertiary/aromatic N) is 1. The number of hydrogen-bond acceptors (Lipinski definition) is 2. The summed E-state index contributed by atoms with van der Waals surface area (Å²) in [4.78, 5) is 13.5. The minimum absolute atomic E-state index is 0.0518. The molecule has 0 radical (unpaired) electrons. The fourth-order valence-electron chi connectivity index (χ4n) is 1.87. The number of methoxy groups -OCH3 is 1. The van der Waals surface area contributed by atoms with Crippen LogP contribution in [-0.4, -0.2) is 31.1 Å². The van der Waals surface area contributed by atoms with Crippen molar-refractivity contribution < 1.29 is 18.3 Å². The zero-order valence-corrected chi connectivity index (χ0v) is 11.5. The van der Waals surface area contributed by atoms with E-state index < -0.39 is 17.7 Å². The van der Waals surface area contributed by atoms with Gasteiger partial charge in [-0.15, -0.1) is 0 Å². The molecular formula is C13H13ClF2N2O2. The molecular weight excluding hydrogens is 290 g/mol. The largest absolute Gasteiger partial charge is 0.494 e. The number of rotatable bonds is 2. The van der Waals surface area contributed by atoms with Gasteiger partial charge in [0.15, 0.2) is 11.6 Å². The Morgan fingerprint density at radius 1 is 1.40 bits per heavy atom. The van der Waals surface area contributed by atoms with Gasteiger partial charge in [-0.1, -0.05) is 17.7 Å². The van der Waals surface area contributed by atoms with Crippen molar-refractivity contribution in [3.05, 3.63) is 34.9 Å². The molecule has 0 saturated carbocycles. The van der Waals surface area contributed by atoms with E-state index in [0.29, 0.717) is 24.5 Å². The second kappa shape index (κ2) is 6.09. The quantitative estimate of drug-likeness (QED) is 0.910. The third-order valence-corrected chi connectivity index (χ3v) is 3.15. The van der Waals surface area contributed by atoms with E-state index in [9.17, 15) is 13.6 Å². The number of carbonyl (C=O) groups is 1. The molecule has 2 rings (SSSR count). The predicted molar refractivity (Wildman–Crippen MR) is 72.1 cm³/mol. The molecule has 0 bridgehead atoms. The van der Waals surface area contributed by atoms with Crippen molar-refractivity contribution in [3.63, 3.8) is 0 Å². The number of halogens is 3. The third kappa shape index (κ3) is 3.19. The van der Waals surface area contributed by atoms with Gasteiger partial charge in [-0.05, 0) is 6.42 Å². The highest BCUT2D eigenvalue weighted by Crippen LogP contribution is 2.27. The van der Waals surface area contributed by atoms with Crippen LogP contribution in [0.5, 0.6) is 5.75 Å². The van der Waals surface area contributed by atoms with Crippen molar-refractivity contribution in [2.75, 3.05) is 25.5 Å². The van der Waals surface area contributed by atoms with E-state index in [1.54, 1.807) is 0 Å². The van der Waals surface area contributed by atoms with Crippen molar-refractivity contribution in [2.24, 2.45) is 0 Å². The Morgan fingerprint density at radius 2 is 2.10 bits per heavy atom. The van der Waals surface area contributed by atoms with Crippen LogP contribution in [0.3, 0.4) is 0 Å². The van der Waals surface area contributed by atoms with Crippen LogP contribution >= 0.6 is 11.6 Å². The molecule has 1 heterocycles. The number of ether oxygens (including phenoxy) is 1. The van der Waals surface area contributed by atoms with E-state index in [4.69, 9.17) is 16.3 Å². The molecule has 0 unspecified atom stereocenters. The van der Waals surface area contributed by atoms with Gasteiger partial charge in [0.1, 0.15) is 5.75 Å². The lowest BCUT2D eigenvalue weighted by molar-refractivity contribution is 0.215. The molecule has 0 saturated heterocycles. The smallest absolute Gasteiger partial charge is 0.322 e. The summed E-state index contributed by atoms with van der Waals surface area (Å²) in [6.45, 7) is 0.799. The molecule has 0 aliphatic carbocycles. The zero-order valence-electron chi connectivity index (χ0n) is 10.8. The minimum atomic E-state index is -1.06. The molecule has 1 aromatic rings. The number of amides is 2. The monoisotopic (exact) mass is 302 g/mol. The maximum atomic E-state index is 13.2. The van der Waals surface area contributed by atoms with Crippen molar-refractivity contribution in [3.8, 4) is 5.75 Å².